The fourth-order valence-corrected chi connectivity index (χ4v) is 2.53. The van der Waals surface area contributed by atoms with Gasteiger partial charge in [0.05, 0.1) is 12.0 Å². The molecule has 1 saturated carbocycles. The van der Waals surface area contributed by atoms with Crippen LogP contribution in [0.5, 0.6) is 0 Å². The Kier molecular flexibility index (Phi) is 2.26. The number of hydrogen-bond acceptors (Lipinski definition) is 4. The quantitative estimate of drug-likeness (QED) is 0.886. The highest BCUT2D eigenvalue weighted by molar-refractivity contribution is 5.09. The van der Waals surface area contributed by atoms with Crippen molar-refractivity contribution in [2.75, 3.05) is 13.1 Å². The van der Waals surface area contributed by atoms with Crippen LogP contribution in [0.3, 0.4) is 0 Å². The number of rotatable bonds is 4. The number of hydrogen-bond donors (Lipinski definition) is 1. The molecule has 0 bridgehead atoms. The maximum absolute atomic E-state index is 5.41. The Labute approximate surface area is 105 Å². The predicted octanol–water partition coefficient (Wildman–Crippen LogP) is 1.56. The Morgan fingerprint density at radius 2 is 2.06 bits per heavy atom. The topological polar surface area (TPSA) is 55.9 Å². The molecule has 3 heterocycles. The zero-order valence-corrected chi connectivity index (χ0v) is 10.1. The molecule has 2 aromatic rings. The van der Waals surface area contributed by atoms with Crippen LogP contribution in [-0.2, 0) is 0 Å². The fourth-order valence-electron chi connectivity index (χ4n) is 2.53. The highest BCUT2D eigenvalue weighted by Gasteiger charge is 2.37. The molecular formula is C13H16N4O. The van der Waals surface area contributed by atoms with E-state index < -0.39 is 0 Å². The first-order valence-electron chi connectivity index (χ1n) is 6.58. The third kappa shape index (κ3) is 1.66. The summed E-state index contributed by atoms with van der Waals surface area (Å²) >= 11 is 0. The van der Waals surface area contributed by atoms with Crippen LogP contribution in [0.4, 0.5) is 0 Å². The molecule has 94 valence electrons. The number of nitrogens with one attached hydrogen (secondary N) is 1. The van der Waals surface area contributed by atoms with Crippen LogP contribution in [0.15, 0.2) is 29.0 Å². The molecule has 5 nitrogen and oxygen atoms in total. The van der Waals surface area contributed by atoms with Crippen molar-refractivity contribution in [1.29, 1.82) is 0 Å². The van der Waals surface area contributed by atoms with Crippen molar-refractivity contribution in [2.24, 2.45) is 5.92 Å². The Hall–Kier alpha value is -1.62. The summed E-state index contributed by atoms with van der Waals surface area (Å²) in [5.41, 5.74) is 0. The number of aromatic nitrogens is 3. The third-order valence-corrected chi connectivity index (χ3v) is 3.87. The first-order chi connectivity index (χ1) is 8.92. The maximum Gasteiger partial charge on any atom is 0.232 e. The van der Waals surface area contributed by atoms with Gasteiger partial charge in [-0.1, -0.05) is 5.16 Å². The molecule has 2 aromatic heterocycles. The summed E-state index contributed by atoms with van der Waals surface area (Å²) in [7, 11) is 0. The van der Waals surface area contributed by atoms with Crippen molar-refractivity contribution in [1.82, 2.24) is 20.0 Å². The predicted molar refractivity (Wildman–Crippen MR) is 65.2 cm³/mol. The molecule has 0 aromatic carbocycles. The minimum atomic E-state index is 0.255. The smallest absolute Gasteiger partial charge is 0.232 e. The molecule has 1 atom stereocenters. The van der Waals surface area contributed by atoms with E-state index in [0.717, 1.165) is 24.8 Å². The van der Waals surface area contributed by atoms with Crippen molar-refractivity contribution in [3.05, 3.63) is 36.2 Å². The molecule has 1 N–H and O–H groups in total. The largest absolute Gasteiger partial charge is 0.343 e. The van der Waals surface area contributed by atoms with Crippen LogP contribution in [-0.4, -0.2) is 27.8 Å². The van der Waals surface area contributed by atoms with Gasteiger partial charge < -0.3 is 14.4 Å². The van der Waals surface area contributed by atoms with E-state index in [0.29, 0.717) is 11.8 Å². The summed E-state index contributed by atoms with van der Waals surface area (Å²) in [5.74, 6) is 2.72. The molecule has 0 spiro atoms. The van der Waals surface area contributed by atoms with E-state index in [4.69, 9.17) is 4.52 Å². The van der Waals surface area contributed by atoms with Gasteiger partial charge in [-0.25, -0.2) is 0 Å². The van der Waals surface area contributed by atoms with E-state index in [2.05, 4.69) is 32.4 Å². The zero-order chi connectivity index (χ0) is 11.9. The molecule has 2 fully saturated rings. The van der Waals surface area contributed by atoms with Crippen molar-refractivity contribution in [2.45, 2.75) is 24.8 Å². The van der Waals surface area contributed by atoms with Crippen LogP contribution in [0.25, 0.3) is 0 Å². The monoisotopic (exact) mass is 244 g/mol. The van der Waals surface area contributed by atoms with Gasteiger partial charge >= 0.3 is 0 Å². The normalized spacial score (nSPS) is 21.8. The fraction of sp³-hybridized carbons (Fsp3) is 0.538. The van der Waals surface area contributed by atoms with Gasteiger partial charge in [0.1, 0.15) is 0 Å². The first kappa shape index (κ1) is 10.3. The molecule has 2 aliphatic rings. The second-order valence-electron chi connectivity index (χ2n) is 5.26. The van der Waals surface area contributed by atoms with Crippen LogP contribution in [0, 0.1) is 5.92 Å². The average molecular weight is 244 g/mol. The van der Waals surface area contributed by atoms with Gasteiger partial charge in [-0.3, -0.25) is 0 Å². The summed E-state index contributed by atoms with van der Waals surface area (Å²) in [6.45, 7) is 1.92. The lowest BCUT2D eigenvalue weighted by molar-refractivity contribution is 0.303. The lowest BCUT2D eigenvalue weighted by Gasteiger charge is -2.22. The highest BCUT2D eigenvalue weighted by Crippen LogP contribution is 2.42. The Morgan fingerprint density at radius 1 is 1.28 bits per heavy atom. The van der Waals surface area contributed by atoms with Crippen LogP contribution < -0.4 is 5.32 Å². The molecule has 4 rings (SSSR count). The molecule has 5 heteroatoms. The molecule has 1 saturated heterocycles. The molecule has 0 amide bonds. The summed E-state index contributed by atoms with van der Waals surface area (Å²) in [4.78, 5) is 4.61. The van der Waals surface area contributed by atoms with Crippen molar-refractivity contribution in [3.8, 4) is 0 Å². The van der Waals surface area contributed by atoms with E-state index in [1.54, 1.807) is 0 Å². The minimum Gasteiger partial charge on any atom is -0.343 e. The van der Waals surface area contributed by atoms with E-state index in [-0.39, 0.29) is 6.04 Å². The average Bonchev–Trinajstić information content (AvgIpc) is 2.80. The Morgan fingerprint density at radius 3 is 2.67 bits per heavy atom. The van der Waals surface area contributed by atoms with E-state index in [9.17, 15) is 0 Å². The van der Waals surface area contributed by atoms with Gasteiger partial charge in [-0.05, 0) is 30.9 Å². The molecular weight excluding hydrogens is 228 g/mol. The van der Waals surface area contributed by atoms with E-state index in [1.165, 1.54) is 12.8 Å². The van der Waals surface area contributed by atoms with Crippen LogP contribution in [0.1, 0.15) is 36.5 Å². The molecule has 1 aliphatic heterocycles. The zero-order valence-electron chi connectivity index (χ0n) is 10.1. The van der Waals surface area contributed by atoms with Gasteiger partial charge in [-0.2, -0.15) is 4.98 Å². The third-order valence-electron chi connectivity index (χ3n) is 3.87. The maximum atomic E-state index is 5.41. The van der Waals surface area contributed by atoms with Crippen molar-refractivity contribution in [3.63, 3.8) is 0 Å². The van der Waals surface area contributed by atoms with Gasteiger partial charge in [0.2, 0.25) is 5.89 Å². The molecule has 1 unspecified atom stereocenters. The molecule has 1 aliphatic carbocycles. The van der Waals surface area contributed by atoms with E-state index in [1.807, 2.05) is 12.1 Å². The molecule has 0 radical (unpaired) electrons. The van der Waals surface area contributed by atoms with Gasteiger partial charge in [0.25, 0.3) is 0 Å². The molecule has 18 heavy (non-hydrogen) atoms. The Balaban J connectivity index is 1.64. The van der Waals surface area contributed by atoms with Crippen LogP contribution in [0.2, 0.25) is 0 Å². The lowest BCUT2D eigenvalue weighted by Crippen LogP contribution is -2.40. The summed E-state index contributed by atoms with van der Waals surface area (Å²) in [5, 5.41) is 7.43. The van der Waals surface area contributed by atoms with Crippen LogP contribution >= 0.6 is 0 Å². The standard InChI is InChI=1S/C13H16N4O/c1-2-6-17(5-1)11(9-3-4-9)12-15-13(18-16-12)10-7-14-8-10/h1-2,5-6,9-11,14H,3-4,7-8H2. The van der Waals surface area contributed by atoms with E-state index >= 15 is 0 Å². The van der Waals surface area contributed by atoms with Crippen molar-refractivity contribution >= 4 is 0 Å². The second kappa shape index (κ2) is 3.95. The summed E-state index contributed by atoms with van der Waals surface area (Å²) < 4.78 is 7.61. The van der Waals surface area contributed by atoms with Gasteiger partial charge in [-0.15, -0.1) is 0 Å². The van der Waals surface area contributed by atoms with Crippen molar-refractivity contribution < 1.29 is 4.52 Å². The van der Waals surface area contributed by atoms with Gasteiger partial charge in [0.15, 0.2) is 5.82 Å². The minimum absolute atomic E-state index is 0.255. The highest BCUT2D eigenvalue weighted by atomic mass is 16.5. The number of nitrogens with zero attached hydrogens (tertiary/aromatic N) is 3. The van der Waals surface area contributed by atoms with Gasteiger partial charge in [0, 0.05) is 25.5 Å². The lowest BCUT2D eigenvalue weighted by atomic mass is 10.0. The summed E-state index contributed by atoms with van der Waals surface area (Å²) in [6, 6.07) is 4.35. The summed E-state index contributed by atoms with van der Waals surface area (Å²) in [6.07, 6.45) is 6.70. The SMILES string of the molecule is c1ccn(C(c2noc(C3CNC3)n2)C2CC2)c1. The Bertz CT molecular complexity index is 525. The second-order valence-corrected chi connectivity index (χ2v) is 5.26. The first-order valence-corrected chi connectivity index (χ1v) is 6.58.